The summed E-state index contributed by atoms with van der Waals surface area (Å²) in [6, 6.07) is 0.415. The largest absolute Gasteiger partial charge is 0.424 e. The van der Waals surface area contributed by atoms with Gasteiger partial charge >= 0.3 is 0 Å². The summed E-state index contributed by atoms with van der Waals surface area (Å²) in [4.78, 5) is 2.40. The fraction of sp³-hybridized carbons (Fsp3) is 0.643. The van der Waals surface area contributed by atoms with Gasteiger partial charge in [0.15, 0.2) is 0 Å². The van der Waals surface area contributed by atoms with Crippen LogP contribution in [0.15, 0.2) is 16.8 Å². The fourth-order valence-corrected chi connectivity index (χ4v) is 2.74. The molecule has 1 fully saturated rings. The Kier molecular flexibility index (Phi) is 3.56. The molecule has 108 valence electrons. The predicted molar refractivity (Wildman–Crippen MR) is 74.0 cm³/mol. The first-order chi connectivity index (χ1) is 9.63. The third-order valence-corrected chi connectivity index (χ3v) is 3.79. The summed E-state index contributed by atoms with van der Waals surface area (Å²) in [6.07, 6.45) is 6.41. The van der Waals surface area contributed by atoms with E-state index in [1.165, 1.54) is 12.0 Å². The van der Waals surface area contributed by atoms with Crippen molar-refractivity contribution in [3.63, 3.8) is 0 Å². The number of likely N-dealkylation sites (tertiary alicyclic amines) is 1. The highest BCUT2D eigenvalue weighted by atomic mass is 16.4. The Hall–Kier alpha value is -1.69. The topological polar surface area (TPSA) is 60.0 Å². The van der Waals surface area contributed by atoms with E-state index in [9.17, 15) is 0 Å². The van der Waals surface area contributed by atoms with E-state index in [0.29, 0.717) is 11.9 Å². The Balaban J connectivity index is 1.72. The lowest BCUT2D eigenvalue weighted by atomic mass is 10.1. The summed E-state index contributed by atoms with van der Waals surface area (Å²) in [5.41, 5.74) is 1.27. The summed E-state index contributed by atoms with van der Waals surface area (Å²) in [7, 11) is 1.95. The van der Waals surface area contributed by atoms with Crippen LogP contribution in [0.2, 0.25) is 0 Å². The maximum absolute atomic E-state index is 5.71. The lowest BCUT2D eigenvalue weighted by Crippen LogP contribution is -2.22. The Morgan fingerprint density at radius 1 is 1.40 bits per heavy atom. The summed E-state index contributed by atoms with van der Waals surface area (Å²) >= 11 is 0. The quantitative estimate of drug-likeness (QED) is 0.856. The molecule has 0 radical (unpaired) electrons. The molecule has 0 bridgehead atoms. The van der Waals surface area contributed by atoms with Gasteiger partial charge in [-0.1, -0.05) is 13.8 Å². The van der Waals surface area contributed by atoms with Crippen molar-refractivity contribution >= 4 is 0 Å². The Bertz CT molecular complexity index is 574. The van der Waals surface area contributed by atoms with E-state index in [2.05, 4.69) is 40.2 Å². The number of rotatable bonds is 4. The molecular weight excluding hydrogens is 254 g/mol. The lowest BCUT2D eigenvalue weighted by Gasteiger charge is -2.21. The molecule has 1 aliphatic rings. The van der Waals surface area contributed by atoms with Crippen molar-refractivity contribution in [3.05, 3.63) is 29.7 Å². The summed E-state index contributed by atoms with van der Waals surface area (Å²) < 4.78 is 7.57. The van der Waals surface area contributed by atoms with Crippen LogP contribution in [0.4, 0.5) is 0 Å². The summed E-state index contributed by atoms with van der Waals surface area (Å²) in [6.45, 7) is 5.91. The first-order valence-electron chi connectivity index (χ1n) is 7.18. The molecule has 0 amide bonds. The maximum atomic E-state index is 5.71. The van der Waals surface area contributed by atoms with Gasteiger partial charge in [0, 0.05) is 30.8 Å². The van der Waals surface area contributed by atoms with Crippen LogP contribution in [0, 0.1) is 0 Å². The van der Waals surface area contributed by atoms with E-state index in [1.807, 2.05) is 17.9 Å². The molecule has 2 aromatic heterocycles. The van der Waals surface area contributed by atoms with Gasteiger partial charge in [0.1, 0.15) is 0 Å². The van der Waals surface area contributed by atoms with Crippen LogP contribution in [0.1, 0.15) is 56.0 Å². The second kappa shape index (κ2) is 5.36. The first-order valence-corrected chi connectivity index (χ1v) is 7.18. The maximum Gasteiger partial charge on any atom is 0.230 e. The lowest BCUT2D eigenvalue weighted by molar-refractivity contribution is 0.220. The standard InChI is InChI=1S/C14H21N5O/c1-10(2)14-17-16-13(20-14)9-19-6-4-5-12(19)11-7-15-18(3)8-11/h7-8,10,12H,4-6,9H2,1-3H3/t12-/m1/s1. The molecule has 1 saturated heterocycles. The molecule has 0 saturated carbocycles. The highest BCUT2D eigenvalue weighted by Crippen LogP contribution is 2.32. The molecule has 2 aromatic rings. The van der Waals surface area contributed by atoms with Crippen LogP contribution < -0.4 is 0 Å². The van der Waals surface area contributed by atoms with Crippen molar-refractivity contribution in [1.29, 1.82) is 0 Å². The molecule has 0 aliphatic carbocycles. The highest BCUT2D eigenvalue weighted by Gasteiger charge is 2.28. The van der Waals surface area contributed by atoms with Crippen molar-refractivity contribution in [2.24, 2.45) is 7.05 Å². The van der Waals surface area contributed by atoms with Crippen molar-refractivity contribution in [1.82, 2.24) is 24.9 Å². The fourth-order valence-electron chi connectivity index (χ4n) is 2.74. The zero-order chi connectivity index (χ0) is 14.1. The normalized spacial score (nSPS) is 20.1. The minimum Gasteiger partial charge on any atom is -0.424 e. The Morgan fingerprint density at radius 3 is 2.90 bits per heavy atom. The second-order valence-corrected chi connectivity index (χ2v) is 5.76. The van der Waals surface area contributed by atoms with Crippen LogP contribution in [0.5, 0.6) is 0 Å². The number of hydrogen-bond donors (Lipinski definition) is 0. The highest BCUT2D eigenvalue weighted by molar-refractivity contribution is 5.12. The van der Waals surface area contributed by atoms with Crippen LogP contribution in [0.25, 0.3) is 0 Å². The van der Waals surface area contributed by atoms with Gasteiger partial charge in [0.25, 0.3) is 0 Å². The van der Waals surface area contributed by atoms with Gasteiger partial charge in [0.2, 0.25) is 11.8 Å². The summed E-state index contributed by atoms with van der Waals surface area (Å²) in [5.74, 6) is 1.71. The third-order valence-electron chi connectivity index (χ3n) is 3.79. The predicted octanol–water partition coefficient (Wildman–Crippen LogP) is 2.26. The summed E-state index contributed by atoms with van der Waals surface area (Å²) in [5, 5.41) is 12.5. The van der Waals surface area contributed by atoms with E-state index < -0.39 is 0 Å². The average Bonchev–Trinajstić information content (AvgIpc) is 3.09. The van der Waals surface area contributed by atoms with Gasteiger partial charge in [-0.15, -0.1) is 10.2 Å². The zero-order valence-electron chi connectivity index (χ0n) is 12.3. The molecule has 20 heavy (non-hydrogen) atoms. The van der Waals surface area contributed by atoms with Crippen LogP contribution in [0.3, 0.4) is 0 Å². The minimum absolute atomic E-state index is 0.281. The molecule has 0 N–H and O–H groups in total. The molecule has 1 atom stereocenters. The SMILES string of the molecule is CC(C)c1nnc(CN2CCC[C@@H]2c2cnn(C)c2)o1. The number of nitrogens with zero attached hydrogens (tertiary/aromatic N) is 5. The molecule has 6 heteroatoms. The molecular formula is C14H21N5O. The molecule has 3 heterocycles. The van der Waals surface area contributed by atoms with Crippen molar-refractivity contribution in [2.75, 3.05) is 6.54 Å². The van der Waals surface area contributed by atoms with Crippen LogP contribution in [-0.4, -0.2) is 31.4 Å². The van der Waals surface area contributed by atoms with E-state index in [4.69, 9.17) is 4.42 Å². The zero-order valence-corrected chi connectivity index (χ0v) is 12.3. The van der Waals surface area contributed by atoms with E-state index in [1.54, 1.807) is 0 Å². The van der Waals surface area contributed by atoms with E-state index >= 15 is 0 Å². The monoisotopic (exact) mass is 275 g/mol. The number of aromatic nitrogens is 4. The van der Waals surface area contributed by atoms with Crippen molar-refractivity contribution < 1.29 is 4.42 Å². The van der Waals surface area contributed by atoms with E-state index in [-0.39, 0.29) is 5.92 Å². The molecule has 0 unspecified atom stereocenters. The van der Waals surface area contributed by atoms with Crippen molar-refractivity contribution in [3.8, 4) is 0 Å². The molecule has 0 spiro atoms. The molecule has 6 nitrogen and oxygen atoms in total. The van der Waals surface area contributed by atoms with Gasteiger partial charge in [-0.05, 0) is 19.4 Å². The van der Waals surface area contributed by atoms with Gasteiger partial charge in [-0.25, -0.2) is 0 Å². The van der Waals surface area contributed by atoms with Crippen molar-refractivity contribution in [2.45, 2.75) is 45.2 Å². The Labute approximate surface area is 118 Å². The van der Waals surface area contributed by atoms with Gasteiger partial charge in [-0.2, -0.15) is 5.10 Å². The van der Waals surface area contributed by atoms with E-state index in [0.717, 1.165) is 25.4 Å². The molecule has 0 aromatic carbocycles. The van der Waals surface area contributed by atoms with Gasteiger partial charge in [0.05, 0.1) is 12.7 Å². The van der Waals surface area contributed by atoms with Crippen LogP contribution in [-0.2, 0) is 13.6 Å². The van der Waals surface area contributed by atoms with Gasteiger partial charge < -0.3 is 4.42 Å². The Morgan fingerprint density at radius 2 is 2.25 bits per heavy atom. The number of aryl methyl sites for hydroxylation is 1. The molecule has 1 aliphatic heterocycles. The third kappa shape index (κ3) is 2.60. The second-order valence-electron chi connectivity index (χ2n) is 5.76. The number of hydrogen-bond acceptors (Lipinski definition) is 5. The smallest absolute Gasteiger partial charge is 0.230 e. The van der Waals surface area contributed by atoms with Gasteiger partial charge in [-0.3, -0.25) is 9.58 Å². The first kappa shape index (κ1) is 13.3. The average molecular weight is 275 g/mol. The molecule has 3 rings (SSSR count). The minimum atomic E-state index is 0.281. The van der Waals surface area contributed by atoms with Crippen LogP contribution >= 0.6 is 0 Å².